The summed E-state index contributed by atoms with van der Waals surface area (Å²) in [5.41, 5.74) is 3.22. The van der Waals surface area contributed by atoms with Gasteiger partial charge in [-0.3, -0.25) is 9.48 Å². The molecule has 0 fully saturated rings. The second kappa shape index (κ2) is 14.5. The number of nitrogens with one attached hydrogen (secondary N) is 2. The lowest BCUT2D eigenvalue weighted by atomic mass is 9.97. The minimum absolute atomic E-state index is 0.0469. The lowest BCUT2D eigenvalue weighted by molar-refractivity contribution is -0.137. The SMILES string of the molecule is CCOP(Cc1ccc(Nc2ncc(C(F)(F)F)c(Nc3ccc(-c4cnn(CCOC)c4)c4c3C(=O)N(C)C4)n2)cc1)OCC. The van der Waals surface area contributed by atoms with Gasteiger partial charge in [0.15, 0.2) is 8.38 Å². The van der Waals surface area contributed by atoms with Crippen molar-refractivity contribution in [1.82, 2.24) is 24.6 Å². The van der Waals surface area contributed by atoms with Gasteiger partial charge in [0.05, 0.1) is 43.8 Å². The smallest absolute Gasteiger partial charge is 0.383 e. The number of carbonyl (C=O) groups excluding carboxylic acids is 1. The average Bonchev–Trinajstić information content (AvgIpc) is 3.61. The van der Waals surface area contributed by atoms with Gasteiger partial charge in [-0.2, -0.15) is 23.3 Å². The largest absolute Gasteiger partial charge is 0.421 e. The van der Waals surface area contributed by atoms with Gasteiger partial charge in [0.25, 0.3) is 5.91 Å². The topological polar surface area (TPSA) is 116 Å². The third-order valence-electron chi connectivity index (χ3n) is 7.15. The van der Waals surface area contributed by atoms with E-state index < -0.39 is 25.9 Å². The number of amides is 1. The minimum atomic E-state index is -4.75. The van der Waals surface area contributed by atoms with Crippen molar-refractivity contribution in [3.05, 3.63) is 77.2 Å². The normalized spacial score (nSPS) is 13.0. The van der Waals surface area contributed by atoms with Crippen LogP contribution in [0.5, 0.6) is 0 Å². The maximum absolute atomic E-state index is 14.1. The van der Waals surface area contributed by atoms with Crippen molar-refractivity contribution in [2.24, 2.45) is 0 Å². The van der Waals surface area contributed by atoms with Crippen LogP contribution in [-0.4, -0.2) is 64.5 Å². The zero-order valence-electron chi connectivity index (χ0n) is 25.9. The van der Waals surface area contributed by atoms with Crippen LogP contribution in [0.25, 0.3) is 11.1 Å². The standard InChI is InChI=1S/C31H35F3N7O4P/c1-5-44-46(45-6-2)19-20-7-9-22(10-8-20)37-30-35-16-25(31(32,33)34)28(39-30)38-26-12-11-23(24-18-40(3)29(42)27(24)26)21-15-36-41(17-21)13-14-43-4/h7-12,15-17H,5-6,13-14,18-19H2,1-4H3,(H2,35,37,38,39). The Bertz CT molecular complexity index is 1660. The molecule has 46 heavy (non-hydrogen) atoms. The van der Waals surface area contributed by atoms with Gasteiger partial charge in [0.1, 0.15) is 11.4 Å². The molecule has 11 nitrogen and oxygen atoms in total. The Kier molecular flexibility index (Phi) is 10.5. The van der Waals surface area contributed by atoms with E-state index in [9.17, 15) is 18.0 Å². The van der Waals surface area contributed by atoms with Crippen molar-refractivity contribution >= 4 is 37.4 Å². The third-order valence-corrected chi connectivity index (χ3v) is 8.87. The summed E-state index contributed by atoms with van der Waals surface area (Å²) < 4.78 is 60.5. The molecule has 15 heteroatoms. The molecule has 5 rings (SSSR count). The number of nitrogens with zero attached hydrogens (tertiary/aromatic N) is 5. The van der Waals surface area contributed by atoms with Crippen molar-refractivity contribution in [3.8, 4) is 11.1 Å². The summed E-state index contributed by atoms with van der Waals surface area (Å²) >= 11 is 0. The fraction of sp³-hybridized carbons (Fsp3) is 0.355. The Morgan fingerprint density at radius 3 is 2.43 bits per heavy atom. The summed E-state index contributed by atoms with van der Waals surface area (Å²) in [5, 5.41) is 10.1. The van der Waals surface area contributed by atoms with E-state index in [1.165, 1.54) is 4.90 Å². The summed E-state index contributed by atoms with van der Waals surface area (Å²) in [4.78, 5) is 22.9. The fourth-order valence-corrected chi connectivity index (χ4v) is 6.34. The highest BCUT2D eigenvalue weighted by atomic mass is 31.2. The number of hydrogen-bond donors (Lipinski definition) is 2. The number of alkyl halides is 3. The Labute approximate surface area is 266 Å². The molecule has 0 spiro atoms. The summed E-state index contributed by atoms with van der Waals surface area (Å²) in [6, 6.07) is 10.7. The van der Waals surface area contributed by atoms with E-state index in [4.69, 9.17) is 13.8 Å². The predicted molar refractivity (Wildman–Crippen MR) is 169 cm³/mol. The number of benzene rings is 2. The summed E-state index contributed by atoms with van der Waals surface area (Å²) in [6.45, 7) is 6.24. The van der Waals surface area contributed by atoms with Gasteiger partial charge in [0.2, 0.25) is 5.95 Å². The van der Waals surface area contributed by atoms with Crippen LogP contribution in [0.1, 0.15) is 40.9 Å². The second-order valence-corrected chi connectivity index (χ2v) is 11.9. The van der Waals surface area contributed by atoms with E-state index >= 15 is 0 Å². The third kappa shape index (κ3) is 7.64. The van der Waals surface area contributed by atoms with Crippen molar-refractivity contribution in [2.75, 3.05) is 44.6 Å². The minimum Gasteiger partial charge on any atom is -0.383 e. The van der Waals surface area contributed by atoms with Gasteiger partial charge < -0.3 is 29.3 Å². The monoisotopic (exact) mass is 657 g/mol. The van der Waals surface area contributed by atoms with Crippen molar-refractivity contribution in [3.63, 3.8) is 0 Å². The van der Waals surface area contributed by atoms with Crippen LogP contribution in [0.4, 0.5) is 36.3 Å². The predicted octanol–water partition coefficient (Wildman–Crippen LogP) is 6.96. The molecule has 3 heterocycles. The van der Waals surface area contributed by atoms with E-state index in [1.54, 1.807) is 49.3 Å². The van der Waals surface area contributed by atoms with E-state index in [0.717, 1.165) is 22.9 Å². The zero-order chi connectivity index (χ0) is 32.8. The molecule has 1 amide bonds. The van der Waals surface area contributed by atoms with Gasteiger partial charge in [-0.05, 0) is 48.7 Å². The molecule has 2 aromatic heterocycles. The maximum atomic E-state index is 14.1. The lowest BCUT2D eigenvalue weighted by Gasteiger charge is -2.17. The second-order valence-electron chi connectivity index (χ2n) is 10.4. The molecule has 2 N–H and O–H groups in total. The molecule has 0 unspecified atom stereocenters. The number of anilines is 4. The molecule has 244 valence electrons. The number of ether oxygens (including phenoxy) is 1. The molecule has 4 aromatic rings. The first-order valence-electron chi connectivity index (χ1n) is 14.6. The van der Waals surface area contributed by atoms with Crippen LogP contribution in [0.3, 0.4) is 0 Å². The van der Waals surface area contributed by atoms with E-state index in [2.05, 4.69) is 25.7 Å². The highest BCUT2D eigenvalue weighted by molar-refractivity contribution is 7.46. The Hall–Kier alpha value is -4.10. The van der Waals surface area contributed by atoms with Crippen LogP contribution in [0, 0.1) is 0 Å². The first-order valence-corrected chi connectivity index (χ1v) is 16.0. The zero-order valence-corrected chi connectivity index (χ0v) is 26.8. The first-order chi connectivity index (χ1) is 22.1. The molecule has 0 bridgehead atoms. The van der Waals surface area contributed by atoms with Crippen molar-refractivity contribution in [1.29, 1.82) is 0 Å². The number of fused-ring (bicyclic) bond motifs is 1. The maximum Gasteiger partial charge on any atom is 0.421 e. The number of carbonyl (C=O) groups is 1. The fourth-order valence-electron chi connectivity index (χ4n) is 5.00. The molecular weight excluding hydrogens is 622 g/mol. The molecule has 1 aliphatic rings. The van der Waals surface area contributed by atoms with Crippen LogP contribution in [-0.2, 0) is 39.2 Å². The van der Waals surface area contributed by atoms with Crippen molar-refractivity contribution < 1.29 is 31.8 Å². The van der Waals surface area contributed by atoms with Crippen LogP contribution < -0.4 is 10.6 Å². The summed E-state index contributed by atoms with van der Waals surface area (Å²) in [5.74, 6) is -0.843. The lowest BCUT2D eigenvalue weighted by Crippen LogP contribution is -2.18. The van der Waals surface area contributed by atoms with Gasteiger partial charge in [-0.1, -0.05) is 18.2 Å². The van der Waals surface area contributed by atoms with E-state index in [0.29, 0.717) is 43.8 Å². The number of halogens is 3. The Morgan fingerprint density at radius 2 is 1.76 bits per heavy atom. The first kappa shape index (κ1) is 33.3. The highest BCUT2D eigenvalue weighted by Crippen LogP contribution is 2.42. The summed E-state index contributed by atoms with van der Waals surface area (Å²) in [7, 11) is 2.19. The Morgan fingerprint density at radius 1 is 1.02 bits per heavy atom. The number of hydrogen-bond acceptors (Lipinski definition) is 9. The van der Waals surface area contributed by atoms with Gasteiger partial charge in [0, 0.05) is 50.5 Å². The van der Waals surface area contributed by atoms with Gasteiger partial charge in [-0.15, -0.1) is 0 Å². The number of aromatic nitrogens is 4. The molecular formula is C31H35F3N7O4P. The molecule has 0 saturated carbocycles. The molecule has 1 aliphatic heterocycles. The molecule has 0 saturated heterocycles. The number of rotatable bonds is 14. The van der Waals surface area contributed by atoms with Gasteiger partial charge in [-0.25, -0.2) is 4.98 Å². The molecule has 0 radical (unpaired) electrons. The van der Waals surface area contributed by atoms with Gasteiger partial charge >= 0.3 is 6.18 Å². The Balaban J connectivity index is 1.42. The van der Waals surface area contributed by atoms with E-state index in [-0.39, 0.29) is 29.7 Å². The molecule has 0 atom stereocenters. The van der Waals surface area contributed by atoms with Crippen molar-refractivity contribution in [2.45, 2.75) is 39.3 Å². The van der Waals surface area contributed by atoms with E-state index in [1.807, 2.05) is 32.2 Å². The van der Waals surface area contributed by atoms with Crippen LogP contribution in [0.15, 0.2) is 55.0 Å². The van der Waals surface area contributed by atoms with Crippen LogP contribution in [0.2, 0.25) is 0 Å². The van der Waals surface area contributed by atoms with Crippen LogP contribution >= 0.6 is 8.38 Å². The quantitative estimate of drug-likeness (QED) is 0.139. The molecule has 2 aromatic carbocycles. The molecule has 0 aliphatic carbocycles. The highest BCUT2D eigenvalue weighted by Gasteiger charge is 2.37. The summed E-state index contributed by atoms with van der Waals surface area (Å²) in [6.07, 6.45) is 0.117. The average molecular weight is 658 g/mol. The number of methoxy groups -OCH3 is 1.